The van der Waals surface area contributed by atoms with Crippen LogP contribution in [0.5, 0.6) is 0 Å². The van der Waals surface area contributed by atoms with E-state index in [4.69, 9.17) is 0 Å². The number of nitrogens with zero attached hydrogens (tertiary/aromatic N) is 3. The van der Waals surface area contributed by atoms with Gasteiger partial charge in [0, 0.05) is 50.8 Å². The minimum atomic E-state index is 0. The molecule has 0 radical (unpaired) electrons. The molecule has 2 unspecified atom stereocenters. The standard InChI is InChI=1S/C18H22N4O.2ClH/c1-14(15-4-2-6-19-11-15)10-18(23)22-9-8-21-13-17(22)16-5-3-7-20-12-16;;/h2-7,11-12,14,17,21H,8-10,13H2,1H3;2*1H. The summed E-state index contributed by atoms with van der Waals surface area (Å²) in [5.74, 6) is 0.359. The number of halogens is 2. The summed E-state index contributed by atoms with van der Waals surface area (Å²) < 4.78 is 0. The van der Waals surface area contributed by atoms with Gasteiger partial charge in [0.25, 0.3) is 0 Å². The van der Waals surface area contributed by atoms with Crippen LogP contribution in [0.2, 0.25) is 0 Å². The lowest BCUT2D eigenvalue weighted by molar-refractivity contribution is -0.134. The summed E-state index contributed by atoms with van der Waals surface area (Å²) in [5, 5.41) is 3.37. The molecule has 0 aliphatic carbocycles. The Hall–Kier alpha value is -1.69. The van der Waals surface area contributed by atoms with E-state index in [1.165, 1.54) is 0 Å². The second-order valence-corrected chi connectivity index (χ2v) is 5.98. The van der Waals surface area contributed by atoms with Gasteiger partial charge in [-0.25, -0.2) is 0 Å². The Morgan fingerprint density at radius 1 is 1.24 bits per heavy atom. The van der Waals surface area contributed by atoms with Crippen LogP contribution in [0.1, 0.15) is 36.4 Å². The summed E-state index contributed by atoms with van der Waals surface area (Å²) in [6.07, 6.45) is 7.71. The molecule has 0 spiro atoms. The summed E-state index contributed by atoms with van der Waals surface area (Å²) in [7, 11) is 0. The molecule has 2 aromatic rings. The van der Waals surface area contributed by atoms with Crippen molar-refractivity contribution < 1.29 is 4.79 Å². The summed E-state index contributed by atoms with van der Waals surface area (Å²) in [6.45, 7) is 4.43. The first-order chi connectivity index (χ1) is 11.3. The van der Waals surface area contributed by atoms with Crippen LogP contribution < -0.4 is 5.32 Å². The van der Waals surface area contributed by atoms with Gasteiger partial charge in [0.15, 0.2) is 0 Å². The molecule has 1 saturated heterocycles. The number of amides is 1. The van der Waals surface area contributed by atoms with Crippen molar-refractivity contribution in [3.05, 3.63) is 60.2 Å². The molecular formula is C18H24Cl2N4O. The molecule has 25 heavy (non-hydrogen) atoms. The van der Waals surface area contributed by atoms with E-state index in [2.05, 4.69) is 22.2 Å². The van der Waals surface area contributed by atoms with Gasteiger partial charge in [-0.15, -0.1) is 24.8 Å². The average molecular weight is 383 g/mol. The van der Waals surface area contributed by atoms with Gasteiger partial charge in [-0.1, -0.05) is 19.1 Å². The number of aromatic nitrogens is 2. The molecule has 3 heterocycles. The fourth-order valence-corrected chi connectivity index (χ4v) is 3.04. The lowest BCUT2D eigenvalue weighted by atomic mass is 9.97. The fourth-order valence-electron chi connectivity index (χ4n) is 3.04. The van der Waals surface area contributed by atoms with Crippen LogP contribution in [0.3, 0.4) is 0 Å². The Labute approximate surface area is 161 Å². The highest BCUT2D eigenvalue weighted by Gasteiger charge is 2.28. The van der Waals surface area contributed by atoms with Gasteiger partial charge < -0.3 is 10.2 Å². The molecule has 1 amide bonds. The predicted octanol–water partition coefficient (Wildman–Crippen LogP) is 2.99. The Morgan fingerprint density at radius 3 is 2.60 bits per heavy atom. The van der Waals surface area contributed by atoms with Crippen LogP contribution in [-0.4, -0.2) is 40.4 Å². The third-order valence-electron chi connectivity index (χ3n) is 4.37. The van der Waals surface area contributed by atoms with Gasteiger partial charge in [-0.05, 0) is 29.2 Å². The Bertz CT molecular complexity index is 642. The van der Waals surface area contributed by atoms with E-state index < -0.39 is 0 Å². The zero-order valence-corrected chi connectivity index (χ0v) is 15.8. The number of carbonyl (C=O) groups excluding carboxylic acids is 1. The number of pyridine rings is 2. The summed E-state index contributed by atoms with van der Waals surface area (Å²) >= 11 is 0. The molecule has 1 fully saturated rings. The van der Waals surface area contributed by atoms with Crippen molar-refractivity contribution in [3.8, 4) is 0 Å². The fraction of sp³-hybridized carbons (Fsp3) is 0.389. The maximum Gasteiger partial charge on any atom is 0.223 e. The summed E-state index contributed by atoms with van der Waals surface area (Å²) in [4.78, 5) is 23.1. The first-order valence-electron chi connectivity index (χ1n) is 8.05. The highest BCUT2D eigenvalue weighted by Crippen LogP contribution is 2.25. The van der Waals surface area contributed by atoms with E-state index in [1.54, 1.807) is 12.4 Å². The number of carbonyl (C=O) groups is 1. The van der Waals surface area contributed by atoms with Crippen LogP contribution in [0.4, 0.5) is 0 Å². The molecule has 1 aliphatic rings. The van der Waals surface area contributed by atoms with Crippen molar-refractivity contribution in [1.82, 2.24) is 20.2 Å². The Balaban J connectivity index is 0.00000156. The van der Waals surface area contributed by atoms with Crippen LogP contribution in [0.15, 0.2) is 49.1 Å². The third-order valence-corrected chi connectivity index (χ3v) is 4.37. The molecule has 5 nitrogen and oxygen atoms in total. The van der Waals surface area contributed by atoms with E-state index in [0.717, 1.165) is 30.8 Å². The molecule has 2 aromatic heterocycles. The Morgan fingerprint density at radius 2 is 1.96 bits per heavy atom. The highest BCUT2D eigenvalue weighted by molar-refractivity contribution is 5.85. The van der Waals surface area contributed by atoms with Gasteiger partial charge in [-0.2, -0.15) is 0 Å². The van der Waals surface area contributed by atoms with E-state index in [1.807, 2.05) is 41.6 Å². The van der Waals surface area contributed by atoms with Crippen molar-refractivity contribution in [1.29, 1.82) is 0 Å². The molecule has 7 heteroatoms. The van der Waals surface area contributed by atoms with Gasteiger partial charge in [0.05, 0.1) is 6.04 Å². The van der Waals surface area contributed by atoms with Crippen LogP contribution in [-0.2, 0) is 4.79 Å². The van der Waals surface area contributed by atoms with Crippen molar-refractivity contribution in [2.75, 3.05) is 19.6 Å². The van der Waals surface area contributed by atoms with Gasteiger partial charge in [0.2, 0.25) is 5.91 Å². The number of nitrogens with one attached hydrogen (secondary N) is 1. The maximum atomic E-state index is 12.8. The van der Waals surface area contributed by atoms with Crippen LogP contribution in [0, 0.1) is 0 Å². The lowest BCUT2D eigenvalue weighted by Gasteiger charge is -2.37. The smallest absolute Gasteiger partial charge is 0.223 e. The Kier molecular flexibility index (Phi) is 8.83. The van der Waals surface area contributed by atoms with Crippen molar-refractivity contribution in [3.63, 3.8) is 0 Å². The minimum absolute atomic E-state index is 0. The summed E-state index contributed by atoms with van der Waals surface area (Å²) in [5.41, 5.74) is 2.19. The van der Waals surface area contributed by atoms with E-state index >= 15 is 0 Å². The number of hydrogen-bond donors (Lipinski definition) is 1. The summed E-state index contributed by atoms with van der Waals surface area (Å²) in [6, 6.07) is 7.97. The zero-order chi connectivity index (χ0) is 16.1. The zero-order valence-electron chi connectivity index (χ0n) is 14.2. The van der Waals surface area contributed by atoms with E-state index in [-0.39, 0.29) is 42.7 Å². The van der Waals surface area contributed by atoms with Crippen LogP contribution >= 0.6 is 24.8 Å². The third kappa shape index (κ3) is 5.39. The monoisotopic (exact) mass is 382 g/mol. The molecule has 1 aliphatic heterocycles. The van der Waals surface area contributed by atoms with Crippen molar-refractivity contribution in [2.45, 2.75) is 25.3 Å². The SMILES string of the molecule is CC(CC(=O)N1CCNCC1c1cccnc1)c1cccnc1.Cl.Cl. The lowest BCUT2D eigenvalue weighted by Crippen LogP contribution is -2.48. The van der Waals surface area contributed by atoms with E-state index in [0.29, 0.717) is 6.42 Å². The highest BCUT2D eigenvalue weighted by atomic mass is 35.5. The molecule has 0 aromatic carbocycles. The van der Waals surface area contributed by atoms with E-state index in [9.17, 15) is 4.79 Å². The quantitative estimate of drug-likeness (QED) is 0.882. The second-order valence-electron chi connectivity index (χ2n) is 5.98. The number of rotatable bonds is 4. The molecule has 136 valence electrons. The van der Waals surface area contributed by atoms with Crippen molar-refractivity contribution >= 4 is 30.7 Å². The second kappa shape index (κ2) is 10.3. The minimum Gasteiger partial charge on any atom is -0.333 e. The average Bonchev–Trinajstić information content (AvgIpc) is 2.63. The van der Waals surface area contributed by atoms with Gasteiger partial charge in [0.1, 0.15) is 0 Å². The first kappa shape index (κ1) is 21.4. The van der Waals surface area contributed by atoms with Crippen LogP contribution in [0.25, 0.3) is 0 Å². The topological polar surface area (TPSA) is 58.1 Å². The normalized spacial score (nSPS) is 17.8. The number of piperazine rings is 1. The molecule has 2 atom stereocenters. The molecule has 3 rings (SSSR count). The number of hydrogen-bond acceptors (Lipinski definition) is 4. The molecule has 0 bridgehead atoms. The molecule has 1 N–H and O–H groups in total. The maximum absolute atomic E-state index is 12.8. The van der Waals surface area contributed by atoms with Crippen molar-refractivity contribution in [2.24, 2.45) is 0 Å². The largest absolute Gasteiger partial charge is 0.333 e. The molecular weight excluding hydrogens is 359 g/mol. The molecule has 0 saturated carbocycles. The first-order valence-corrected chi connectivity index (χ1v) is 8.05. The van der Waals surface area contributed by atoms with Gasteiger partial charge >= 0.3 is 0 Å². The predicted molar refractivity (Wildman–Crippen MR) is 103 cm³/mol. The van der Waals surface area contributed by atoms with Gasteiger partial charge in [-0.3, -0.25) is 14.8 Å².